The molecule has 10 heteroatoms. The average molecular weight is 515 g/mol. The number of anilines is 2. The van der Waals surface area contributed by atoms with Crippen LogP contribution in [-0.4, -0.2) is 21.8 Å². The fraction of sp³-hybridized carbons (Fsp3) is 0.269. The molecule has 0 aliphatic carbocycles. The molecule has 1 aliphatic rings. The monoisotopic (exact) mass is 514 g/mol. The Bertz CT molecular complexity index is 1360. The van der Waals surface area contributed by atoms with Gasteiger partial charge in [0.2, 0.25) is 11.9 Å². The number of rotatable bonds is 6. The summed E-state index contributed by atoms with van der Waals surface area (Å²) in [4.78, 5) is 32.5. The lowest BCUT2D eigenvalue weighted by Gasteiger charge is -2.14. The van der Waals surface area contributed by atoms with Gasteiger partial charge < -0.3 is 10.3 Å². The van der Waals surface area contributed by atoms with Gasteiger partial charge in [-0.3, -0.25) is 14.9 Å². The van der Waals surface area contributed by atoms with Gasteiger partial charge in [0.25, 0.3) is 5.91 Å². The van der Waals surface area contributed by atoms with E-state index in [1.807, 2.05) is 17.7 Å². The van der Waals surface area contributed by atoms with E-state index >= 15 is 0 Å². The van der Waals surface area contributed by atoms with Gasteiger partial charge in [-0.15, -0.1) is 11.8 Å². The largest absolute Gasteiger partial charge is 0.416 e. The Morgan fingerprint density at radius 2 is 1.92 bits per heavy atom. The third-order valence-corrected chi connectivity index (χ3v) is 6.79. The van der Waals surface area contributed by atoms with Crippen molar-refractivity contribution in [2.75, 3.05) is 10.6 Å². The van der Waals surface area contributed by atoms with Gasteiger partial charge in [0.1, 0.15) is 0 Å². The number of hydrogen-bond donors (Lipinski definition) is 3. The molecule has 1 aromatic heterocycles. The van der Waals surface area contributed by atoms with Gasteiger partial charge >= 0.3 is 6.18 Å². The highest BCUT2D eigenvalue weighted by Crippen LogP contribution is 2.32. The van der Waals surface area contributed by atoms with Crippen molar-refractivity contribution in [1.29, 1.82) is 0 Å². The smallest absolute Gasteiger partial charge is 0.324 e. The van der Waals surface area contributed by atoms with Gasteiger partial charge in [-0.1, -0.05) is 30.7 Å². The molecule has 188 valence electrons. The van der Waals surface area contributed by atoms with Crippen molar-refractivity contribution in [3.05, 3.63) is 75.6 Å². The number of benzene rings is 2. The van der Waals surface area contributed by atoms with E-state index in [4.69, 9.17) is 0 Å². The van der Waals surface area contributed by atoms with Crippen LogP contribution in [0.4, 0.5) is 24.8 Å². The van der Waals surface area contributed by atoms with Crippen molar-refractivity contribution >= 4 is 46.2 Å². The van der Waals surface area contributed by atoms with Crippen LogP contribution in [0.1, 0.15) is 50.2 Å². The number of H-pyrrole nitrogens is 1. The molecule has 0 bridgehead atoms. The van der Waals surface area contributed by atoms with E-state index in [2.05, 4.69) is 20.6 Å². The highest BCUT2D eigenvalue weighted by Gasteiger charge is 2.30. The number of carbonyl (C=O) groups is 2. The highest BCUT2D eigenvalue weighted by atomic mass is 32.2. The minimum absolute atomic E-state index is 0.0128. The number of halogens is 3. The normalized spacial score (nSPS) is 15.0. The Labute approximate surface area is 210 Å². The number of carbonyl (C=O) groups excluding carboxylic acids is 2. The minimum Gasteiger partial charge on any atom is -0.324 e. The molecule has 6 nitrogen and oxygen atoms in total. The van der Waals surface area contributed by atoms with Gasteiger partial charge in [0.05, 0.1) is 16.6 Å². The zero-order valence-electron chi connectivity index (χ0n) is 19.7. The number of allylic oxidation sites excluding steroid dienone is 1. The van der Waals surface area contributed by atoms with Crippen molar-refractivity contribution in [2.45, 2.75) is 45.2 Å². The summed E-state index contributed by atoms with van der Waals surface area (Å²) in [7, 11) is 0. The Kier molecular flexibility index (Phi) is 7.53. The molecule has 4 rings (SSSR count). The van der Waals surface area contributed by atoms with Gasteiger partial charge in [-0.25, -0.2) is 4.98 Å². The summed E-state index contributed by atoms with van der Waals surface area (Å²) < 4.78 is 39.0. The minimum atomic E-state index is -4.44. The second-order valence-corrected chi connectivity index (χ2v) is 9.53. The maximum Gasteiger partial charge on any atom is 0.416 e. The van der Waals surface area contributed by atoms with E-state index in [1.165, 1.54) is 23.4 Å². The zero-order valence-corrected chi connectivity index (χ0v) is 20.5. The fourth-order valence-electron chi connectivity index (χ4n) is 3.81. The Hall–Kier alpha value is -3.53. The van der Waals surface area contributed by atoms with Crippen molar-refractivity contribution in [3.8, 4) is 0 Å². The Morgan fingerprint density at radius 1 is 1.11 bits per heavy atom. The third-order valence-electron chi connectivity index (χ3n) is 5.83. The number of fused-ring (bicyclic) bond motifs is 1. The molecule has 0 spiro atoms. The van der Waals surface area contributed by atoms with Crippen LogP contribution in [0.3, 0.4) is 0 Å². The van der Waals surface area contributed by atoms with Crippen LogP contribution in [0.2, 0.25) is 0 Å². The summed E-state index contributed by atoms with van der Waals surface area (Å²) >= 11 is 1.50. The van der Waals surface area contributed by atoms with Crippen molar-refractivity contribution < 1.29 is 22.8 Å². The maximum absolute atomic E-state index is 13.0. The summed E-state index contributed by atoms with van der Waals surface area (Å²) in [5, 5.41) is 9.45. The van der Waals surface area contributed by atoms with Gasteiger partial charge in [0, 0.05) is 17.7 Å². The molecule has 3 aromatic rings. The first-order valence-corrected chi connectivity index (χ1v) is 12.3. The van der Waals surface area contributed by atoms with E-state index in [0.29, 0.717) is 34.3 Å². The fourth-order valence-corrected chi connectivity index (χ4v) is 4.61. The van der Waals surface area contributed by atoms with Gasteiger partial charge in [0.15, 0.2) is 0 Å². The number of imidazole rings is 1. The number of aromatic nitrogens is 2. The molecule has 2 aromatic carbocycles. The molecular weight excluding hydrogens is 489 g/mol. The number of thioether (sulfide) groups is 1. The maximum atomic E-state index is 13.0. The highest BCUT2D eigenvalue weighted by molar-refractivity contribution is 8.05. The molecule has 36 heavy (non-hydrogen) atoms. The van der Waals surface area contributed by atoms with E-state index in [-0.39, 0.29) is 24.2 Å². The lowest BCUT2D eigenvalue weighted by atomic mass is 9.95. The predicted molar refractivity (Wildman–Crippen MR) is 136 cm³/mol. The SMILES string of the molecule is CC1=CSC=C(C(=O)Nc2ccc3nc(NC(=O)CC(C)c4cccc(C(F)(F)F)c4)[nH]c3c2)CC1. The molecule has 1 aliphatic heterocycles. The quantitative estimate of drug-likeness (QED) is 0.332. The summed E-state index contributed by atoms with van der Waals surface area (Å²) in [6.45, 7) is 3.73. The first kappa shape index (κ1) is 25.6. The van der Waals surface area contributed by atoms with E-state index in [1.54, 1.807) is 31.2 Å². The number of nitrogens with zero attached hydrogens (tertiary/aromatic N) is 1. The lowest BCUT2D eigenvalue weighted by Crippen LogP contribution is -2.15. The summed E-state index contributed by atoms with van der Waals surface area (Å²) in [5.74, 6) is -0.746. The first-order chi connectivity index (χ1) is 17.1. The second kappa shape index (κ2) is 10.6. The Balaban J connectivity index is 1.38. The topological polar surface area (TPSA) is 86.9 Å². The number of amides is 2. The molecule has 2 amide bonds. The number of aromatic amines is 1. The van der Waals surface area contributed by atoms with Crippen LogP contribution in [-0.2, 0) is 15.8 Å². The third kappa shape index (κ3) is 6.37. The molecule has 0 saturated carbocycles. The number of hydrogen-bond acceptors (Lipinski definition) is 4. The second-order valence-electron chi connectivity index (χ2n) is 8.79. The van der Waals surface area contributed by atoms with E-state index < -0.39 is 17.7 Å². The van der Waals surface area contributed by atoms with Crippen LogP contribution < -0.4 is 10.6 Å². The standard InChI is InChI=1S/C26H25F3N4O2S/c1-15-6-7-18(14-36-13-15)24(35)30-20-8-9-21-22(12-20)32-25(31-21)33-23(34)10-16(2)17-4-3-5-19(11-17)26(27,28)29/h3-5,8-9,11-14,16H,6-7,10H2,1-2H3,(H,30,35)(H2,31,32,33,34). The number of nitrogens with one attached hydrogen (secondary N) is 3. The van der Waals surface area contributed by atoms with Crippen LogP contribution in [0.15, 0.2) is 64.4 Å². The molecule has 1 unspecified atom stereocenters. The van der Waals surface area contributed by atoms with Gasteiger partial charge in [-0.2, -0.15) is 13.2 Å². The van der Waals surface area contributed by atoms with Crippen LogP contribution in [0.25, 0.3) is 11.0 Å². The Morgan fingerprint density at radius 3 is 2.69 bits per heavy atom. The molecule has 1 atom stereocenters. The molecule has 2 heterocycles. The van der Waals surface area contributed by atoms with Crippen LogP contribution in [0.5, 0.6) is 0 Å². The first-order valence-electron chi connectivity index (χ1n) is 11.4. The molecule has 0 saturated heterocycles. The van der Waals surface area contributed by atoms with Crippen molar-refractivity contribution in [2.24, 2.45) is 0 Å². The summed E-state index contributed by atoms with van der Waals surface area (Å²) in [5.41, 5.74) is 3.44. The summed E-state index contributed by atoms with van der Waals surface area (Å²) in [6, 6.07) is 10.2. The molecular formula is C26H25F3N4O2S. The molecule has 3 N–H and O–H groups in total. The molecule has 0 radical (unpaired) electrons. The molecule has 0 fully saturated rings. The lowest BCUT2D eigenvalue weighted by molar-refractivity contribution is -0.137. The zero-order chi connectivity index (χ0) is 25.9. The van der Waals surface area contributed by atoms with Gasteiger partial charge in [-0.05, 0) is 66.3 Å². The van der Waals surface area contributed by atoms with E-state index in [0.717, 1.165) is 18.6 Å². The van der Waals surface area contributed by atoms with E-state index in [9.17, 15) is 22.8 Å². The van der Waals surface area contributed by atoms with Crippen molar-refractivity contribution in [3.63, 3.8) is 0 Å². The van der Waals surface area contributed by atoms with Crippen LogP contribution in [0, 0.1) is 0 Å². The average Bonchev–Trinajstić information content (AvgIpc) is 3.08. The number of alkyl halides is 3. The summed E-state index contributed by atoms with van der Waals surface area (Å²) in [6.07, 6.45) is -2.95. The van der Waals surface area contributed by atoms with Crippen molar-refractivity contribution in [1.82, 2.24) is 9.97 Å². The predicted octanol–water partition coefficient (Wildman–Crippen LogP) is 6.97. The van der Waals surface area contributed by atoms with Crippen LogP contribution >= 0.6 is 11.8 Å².